The quantitative estimate of drug-likeness (QED) is 0.813. The summed E-state index contributed by atoms with van der Waals surface area (Å²) < 4.78 is 0. The summed E-state index contributed by atoms with van der Waals surface area (Å²) in [6.45, 7) is 11.5. The van der Waals surface area contributed by atoms with Gasteiger partial charge in [-0.1, -0.05) is 13.8 Å². The summed E-state index contributed by atoms with van der Waals surface area (Å²) in [5, 5.41) is 3.57. The van der Waals surface area contributed by atoms with Crippen LogP contribution >= 0.6 is 0 Å². The van der Waals surface area contributed by atoms with Gasteiger partial charge < -0.3 is 10.2 Å². The fourth-order valence-electron chi connectivity index (χ4n) is 3.47. The van der Waals surface area contributed by atoms with E-state index in [1.54, 1.807) is 0 Å². The number of hydrogen-bond acceptors (Lipinski definition) is 3. The van der Waals surface area contributed by atoms with Gasteiger partial charge in [0.15, 0.2) is 0 Å². The molecule has 2 rings (SSSR count). The molecule has 122 valence electrons. The van der Waals surface area contributed by atoms with Gasteiger partial charge in [0, 0.05) is 19.6 Å². The molecule has 4 nitrogen and oxygen atoms in total. The van der Waals surface area contributed by atoms with E-state index in [0.29, 0.717) is 24.3 Å². The van der Waals surface area contributed by atoms with Gasteiger partial charge in [-0.3, -0.25) is 9.69 Å². The average molecular weight is 295 g/mol. The molecule has 0 saturated carbocycles. The van der Waals surface area contributed by atoms with Crippen LogP contribution in [0.15, 0.2) is 0 Å². The minimum Gasteiger partial charge on any atom is -0.342 e. The summed E-state index contributed by atoms with van der Waals surface area (Å²) in [6.07, 6.45) is 6.21. The first-order chi connectivity index (χ1) is 10.1. The zero-order valence-electron chi connectivity index (χ0n) is 13.9. The maximum absolute atomic E-state index is 12.3. The molecule has 21 heavy (non-hydrogen) atoms. The second kappa shape index (κ2) is 8.74. The molecule has 2 aliphatic rings. The van der Waals surface area contributed by atoms with E-state index in [-0.39, 0.29) is 0 Å². The van der Waals surface area contributed by atoms with Crippen LogP contribution in [0.5, 0.6) is 0 Å². The van der Waals surface area contributed by atoms with Crippen LogP contribution < -0.4 is 5.32 Å². The fraction of sp³-hybridized carbons (Fsp3) is 0.941. The SMILES string of the molecule is CC(C)CNCC1CCCN(CC(=O)N2CCCCC2)C1. The standard InChI is InChI=1S/C17H33N3O/c1-15(2)11-18-12-16-7-6-8-19(13-16)14-17(21)20-9-4-3-5-10-20/h15-16,18H,3-14H2,1-2H3. The van der Waals surface area contributed by atoms with Crippen molar-refractivity contribution in [1.29, 1.82) is 0 Å². The van der Waals surface area contributed by atoms with E-state index in [1.165, 1.54) is 32.1 Å². The first-order valence-corrected chi connectivity index (χ1v) is 8.86. The van der Waals surface area contributed by atoms with Gasteiger partial charge in [-0.15, -0.1) is 0 Å². The molecule has 0 aromatic heterocycles. The van der Waals surface area contributed by atoms with E-state index in [0.717, 1.165) is 39.3 Å². The van der Waals surface area contributed by atoms with Gasteiger partial charge >= 0.3 is 0 Å². The van der Waals surface area contributed by atoms with Gasteiger partial charge in [0.25, 0.3) is 0 Å². The summed E-state index contributed by atoms with van der Waals surface area (Å²) in [7, 11) is 0. The van der Waals surface area contributed by atoms with Gasteiger partial charge in [-0.25, -0.2) is 0 Å². The van der Waals surface area contributed by atoms with Gasteiger partial charge in [0.2, 0.25) is 5.91 Å². The lowest BCUT2D eigenvalue weighted by Gasteiger charge is -2.35. The molecule has 1 N–H and O–H groups in total. The summed E-state index contributed by atoms with van der Waals surface area (Å²) >= 11 is 0. The zero-order chi connectivity index (χ0) is 15.1. The van der Waals surface area contributed by atoms with Crippen molar-refractivity contribution in [3.63, 3.8) is 0 Å². The van der Waals surface area contributed by atoms with E-state index in [9.17, 15) is 4.79 Å². The topological polar surface area (TPSA) is 35.6 Å². The summed E-state index contributed by atoms with van der Waals surface area (Å²) in [4.78, 5) is 16.8. The first kappa shape index (κ1) is 16.8. The Morgan fingerprint density at radius 2 is 1.90 bits per heavy atom. The van der Waals surface area contributed by atoms with Crippen molar-refractivity contribution in [3.05, 3.63) is 0 Å². The summed E-state index contributed by atoms with van der Waals surface area (Å²) in [6, 6.07) is 0. The van der Waals surface area contributed by atoms with Crippen LogP contribution in [0.25, 0.3) is 0 Å². The van der Waals surface area contributed by atoms with Crippen molar-refractivity contribution in [2.45, 2.75) is 46.0 Å². The number of likely N-dealkylation sites (tertiary alicyclic amines) is 2. The van der Waals surface area contributed by atoms with Crippen LogP contribution in [-0.4, -0.2) is 61.5 Å². The number of carbonyl (C=O) groups excluding carboxylic acids is 1. The van der Waals surface area contributed by atoms with Crippen LogP contribution in [0.3, 0.4) is 0 Å². The first-order valence-electron chi connectivity index (χ1n) is 8.86. The molecule has 0 spiro atoms. The Bertz CT molecular complexity index is 313. The molecule has 0 radical (unpaired) electrons. The largest absolute Gasteiger partial charge is 0.342 e. The van der Waals surface area contributed by atoms with Crippen molar-refractivity contribution in [2.75, 3.05) is 45.8 Å². The minimum absolute atomic E-state index is 0.352. The normalized spacial score (nSPS) is 24.5. The molecule has 0 bridgehead atoms. The van der Waals surface area contributed by atoms with Crippen LogP contribution in [0.1, 0.15) is 46.0 Å². The van der Waals surface area contributed by atoms with Gasteiger partial charge in [-0.05, 0) is 63.6 Å². The predicted molar refractivity (Wildman–Crippen MR) is 87.3 cm³/mol. The number of carbonyl (C=O) groups is 1. The second-order valence-corrected chi connectivity index (χ2v) is 7.24. The van der Waals surface area contributed by atoms with Gasteiger partial charge in [-0.2, -0.15) is 0 Å². The summed E-state index contributed by atoms with van der Waals surface area (Å²) in [5.74, 6) is 1.78. The number of nitrogens with zero attached hydrogens (tertiary/aromatic N) is 2. The minimum atomic E-state index is 0.352. The predicted octanol–water partition coefficient (Wildman–Crippen LogP) is 1.96. The fourth-order valence-corrected chi connectivity index (χ4v) is 3.47. The Kier molecular flexibility index (Phi) is 6.97. The molecule has 1 unspecified atom stereocenters. The van der Waals surface area contributed by atoms with Gasteiger partial charge in [0.1, 0.15) is 0 Å². The molecule has 1 atom stereocenters. The highest BCUT2D eigenvalue weighted by Gasteiger charge is 2.24. The van der Waals surface area contributed by atoms with Crippen LogP contribution in [0, 0.1) is 11.8 Å². The zero-order valence-corrected chi connectivity index (χ0v) is 13.9. The summed E-state index contributed by atoms with van der Waals surface area (Å²) in [5.41, 5.74) is 0. The Morgan fingerprint density at radius 1 is 1.14 bits per heavy atom. The monoisotopic (exact) mass is 295 g/mol. The van der Waals surface area contributed by atoms with Crippen molar-refractivity contribution in [1.82, 2.24) is 15.1 Å². The van der Waals surface area contributed by atoms with E-state index in [2.05, 4.69) is 29.0 Å². The Morgan fingerprint density at radius 3 is 2.62 bits per heavy atom. The number of hydrogen-bond donors (Lipinski definition) is 1. The van der Waals surface area contributed by atoms with E-state index in [1.807, 2.05) is 0 Å². The number of rotatable bonds is 6. The van der Waals surface area contributed by atoms with Crippen LogP contribution in [0.2, 0.25) is 0 Å². The third kappa shape index (κ3) is 5.95. The smallest absolute Gasteiger partial charge is 0.236 e. The molecule has 0 aliphatic carbocycles. The average Bonchev–Trinajstić information content (AvgIpc) is 2.48. The lowest BCUT2D eigenvalue weighted by molar-refractivity contribution is -0.133. The van der Waals surface area contributed by atoms with E-state index >= 15 is 0 Å². The molecular formula is C17H33N3O. The van der Waals surface area contributed by atoms with Crippen molar-refractivity contribution < 1.29 is 4.79 Å². The number of amides is 1. The number of nitrogens with one attached hydrogen (secondary N) is 1. The molecule has 0 aromatic carbocycles. The van der Waals surface area contributed by atoms with Crippen LogP contribution in [0.4, 0.5) is 0 Å². The maximum Gasteiger partial charge on any atom is 0.236 e. The molecule has 2 aliphatic heterocycles. The second-order valence-electron chi connectivity index (χ2n) is 7.24. The Labute approximate surface area is 130 Å². The molecular weight excluding hydrogens is 262 g/mol. The number of piperidine rings is 2. The molecule has 2 heterocycles. The van der Waals surface area contributed by atoms with E-state index < -0.39 is 0 Å². The Balaban J connectivity index is 1.69. The molecule has 2 fully saturated rings. The highest BCUT2D eigenvalue weighted by molar-refractivity contribution is 5.78. The van der Waals surface area contributed by atoms with E-state index in [4.69, 9.17) is 0 Å². The highest BCUT2D eigenvalue weighted by atomic mass is 16.2. The Hall–Kier alpha value is -0.610. The maximum atomic E-state index is 12.3. The lowest BCUT2D eigenvalue weighted by Crippen LogP contribution is -2.47. The van der Waals surface area contributed by atoms with Crippen LogP contribution in [-0.2, 0) is 4.79 Å². The highest BCUT2D eigenvalue weighted by Crippen LogP contribution is 2.16. The van der Waals surface area contributed by atoms with Crippen molar-refractivity contribution >= 4 is 5.91 Å². The lowest BCUT2D eigenvalue weighted by atomic mass is 9.97. The molecule has 0 aromatic rings. The third-order valence-electron chi connectivity index (χ3n) is 4.66. The van der Waals surface area contributed by atoms with Gasteiger partial charge in [0.05, 0.1) is 6.54 Å². The van der Waals surface area contributed by atoms with Crippen molar-refractivity contribution in [3.8, 4) is 0 Å². The molecule has 2 saturated heterocycles. The third-order valence-corrected chi connectivity index (χ3v) is 4.66. The van der Waals surface area contributed by atoms with Crippen molar-refractivity contribution in [2.24, 2.45) is 11.8 Å². The molecule has 1 amide bonds. The molecule has 4 heteroatoms.